The van der Waals surface area contributed by atoms with E-state index in [1.54, 1.807) is 6.92 Å². The number of carbonyl (C=O) groups is 5. The highest BCUT2D eigenvalue weighted by Crippen LogP contribution is 2.56. The second-order valence-electron chi connectivity index (χ2n) is 13.1. The zero-order valence-electron chi connectivity index (χ0n) is 28.2. The third kappa shape index (κ3) is 7.88. The first-order chi connectivity index (χ1) is 22.9. The molecule has 2 bridgehead atoms. The Morgan fingerprint density at radius 3 is 2.20 bits per heavy atom. The average molecular weight is 691 g/mol. The predicted octanol–water partition coefficient (Wildman–Crippen LogP) is 2.88. The van der Waals surface area contributed by atoms with Crippen LogP contribution in [0.1, 0.15) is 65.9 Å². The number of fused-ring (bicyclic) bond motifs is 2. The maximum absolute atomic E-state index is 13.0. The van der Waals surface area contributed by atoms with Crippen molar-refractivity contribution >= 4 is 29.8 Å². The highest BCUT2D eigenvalue weighted by Gasteiger charge is 2.85. The SMILES string of the molecule is C=C(CC[C@]12O[C@@H](C(=O)O)[C@@](O)(C(=O)O)[C@](C(=O)O)(O1)[C@H](OC(=O)/C=C/[C@@H](C)C[C@@H](C)CC)[C@H]2O)[C@@H](OC(C)=O)[C@H](C)Cc1ccccc1. The lowest BCUT2D eigenvalue weighted by Crippen LogP contribution is -2.78. The number of esters is 2. The lowest BCUT2D eigenvalue weighted by atomic mass is 9.74. The monoisotopic (exact) mass is 690 g/mol. The van der Waals surface area contributed by atoms with E-state index in [0.29, 0.717) is 18.8 Å². The molecule has 10 atom stereocenters. The number of aliphatic hydroxyl groups is 2. The molecule has 1 aromatic rings. The van der Waals surface area contributed by atoms with Crippen molar-refractivity contribution in [2.45, 2.75) is 108 Å². The minimum absolute atomic E-state index is 0.123. The molecule has 2 saturated heterocycles. The number of carboxylic acid groups (broad SMARTS) is 3. The Bertz CT molecular complexity index is 1440. The van der Waals surface area contributed by atoms with Crippen LogP contribution in [0.15, 0.2) is 54.6 Å². The summed E-state index contributed by atoms with van der Waals surface area (Å²) in [5.74, 6) is -11.3. The van der Waals surface area contributed by atoms with Crippen LogP contribution in [-0.4, -0.2) is 96.8 Å². The minimum Gasteiger partial charge on any atom is -0.479 e. The van der Waals surface area contributed by atoms with Crippen LogP contribution in [0, 0.1) is 17.8 Å². The fourth-order valence-electron chi connectivity index (χ4n) is 6.58. The number of aliphatic hydroxyl groups excluding tert-OH is 1. The Morgan fingerprint density at radius 2 is 1.67 bits per heavy atom. The van der Waals surface area contributed by atoms with Gasteiger partial charge in [0.25, 0.3) is 0 Å². The molecule has 14 nitrogen and oxygen atoms in total. The average Bonchev–Trinajstić information content (AvgIpc) is 3.25. The predicted molar refractivity (Wildman–Crippen MR) is 171 cm³/mol. The Hall–Kier alpha value is -4.11. The van der Waals surface area contributed by atoms with Gasteiger partial charge in [-0.1, -0.05) is 77.1 Å². The molecule has 0 aliphatic carbocycles. The number of hydrogen-bond donors (Lipinski definition) is 5. The van der Waals surface area contributed by atoms with E-state index < -0.39 is 77.7 Å². The molecule has 0 radical (unpaired) electrons. The molecule has 49 heavy (non-hydrogen) atoms. The zero-order valence-corrected chi connectivity index (χ0v) is 28.2. The Kier molecular flexibility index (Phi) is 12.5. The van der Waals surface area contributed by atoms with Crippen molar-refractivity contribution in [2.24, 2.45) is 17.8 Å². The number of aliphatic carboxylic acids is 3. The molecule has 2 aliphatic heterocycles. The van der Waals surface area contributed by atoms with Crippen molar-refractivity contribution in [1.29, 1.82) is 0 Å². The molecule has 3 rings (SSSR count). The lowest BCUT2D eigenvalue weighted by molar-refractivity contribution is -0.374. The van der Waals surface area contributed by atoms with Crippen molar-refractivity contribution in [1.82, 2.24) is 0 Å². The normalized spacial score (nSPS) is 30.1. The summed E-state index contributed by atoms with van der Waals surface area (Å²) < 4.78 is 22.0. The molecule has 2 fully saturated rings. The van der Waals surface area contributed by atoms with Crippen LogP contribution in [-0.2, 0) is 49.3 Å². The summed E-state index contributed by atoms with van der Waals surface area (Å²) in [4.78, 5) is 63.0. The Labute approximate surface area is 284 Å². The molecule has 0 aromatic heterocycles. The molecule has 0 unspecified atom stereocenters. The third-order valence-electron chi connectivity index (χ3n) is 9.29. The van der Waals surface area contributed by atoms with E-state index in [1.165, 1.54) is 13.0 Å². The van der Waals surface area contributed by atoms with Gasteiger partial charge in [0, 0.05) is 25.3 Å². The van der Waals surface area contributed by atoms with Crippen LogP contribution in [0.4, 0.5) is 0 Å². The molecule has 0 spiro atoms. The minimum atomic E-state index is -3.90. The maximum atomic E-state index is 13.0. The summed E-state index contributed by atoms with van der Waals surface area (Å²) in [5.41, 5.74) is -6.27. The standard InChI is InChI=1S/C35H46O14/c1-7-19(2)17-20(3)13-14-25(37)47-28-27(38)33(48-29(30(39)40)34(45,31(41)42)35(28,49-33)32(43)44)16-15-21(4)26(46-23(6)36)22(5)18-24-11-9-8-10-12-24/h8-14,19-20,22,26-29,38,45H,4,7,15-18H2,1-3,5-6H3,(H,39,40)(H,41,42)(H,43,44)/b14-13+/t19-,20+,22+,26+,27+,28+,29-,33-,34+,35-/m0/s1. The summed E-state index contributed by atoms with van der Waals surface area (Å²) in [7, 11) is 0. The molecule has 1 aromatic carbocycles. The molecular weight excluding hydrogens is 644 g/mol. The van der Waals surface area contributed by atoms with Crippen LogP contribution < -0.4 is 0 Å². The van der Waals surface area contributed by atoms with Crippen molar-refractivity contribution in [3.05, 3.63) is 60.2 Å². The Balaban J connectivity index is 2.02. The van der Waals surface area contributed by atoms with Gasteiger partial charge in [-0.3, -0.25) is 4.79 Å². The van der Waals surface area contributed by atoms with E-state index in [9.17, 15) is 49.5 Å². The molecular formula is C35H46O14. The number of rotatable bonds is 17. The number of ether oxygens (including phenoxy) is 4. The lowest BCUT2D eigenvalue weighted by Gasteiger charge is -2.48. The van der Waals surface area contributed by atoms with Crippen LogP contribution in [0.25, 0.3) is 0 Å². The first-order valence-electron chi connectivity index (χ1n) is 16.1. The number of benzene rings is 1. The van der Waals surface area contributed by atoms with Gasteiger partial charge in [0.2, 0.25) is 23.1 Å². The van der Waals surface area contributed by atoms with Crippen molar-refractivity contribution < 1.29 is 68.5 Å². The second kappa shape index (κ2) is 15.6. The van der Waals surface area contributed by atoms with Crippen LogP contribution in [0.5, 0.6) is 0 Å². The van der Waals surface area contributed by atoms with Gasteiger partial charge in [0.05, 0.1) is 0 Å². The van der Waals surface area contributed by atoms with E-state index in [4.69, 9.17) is 18.9 Å². The van der Waals surface area contributed by atoms with E-state index in [-0.39, 0.29) is 23.8 Å². The number of allylic oxidation sites excluding steroid dienone is 1. The summed E-state index contributed by atoms with van der Waals surface area (Å²) in [6.45, 7) is 12.9. The van der Waals surface area contributed by atoms with E-state index in [1.807, 2.05) is 51.1 Å². The van der Waals surface area contributed by atoms with Gasteiger partial charge in [-0.2, -0.15) is 0 Å². The second-order valence-corrected chi connectivity index (χ2v) is 13.1. The molecule has 14 heteroatoms. The largest absolute Gasteiger partial charge is 0.479 e. The third-order valence-corrected chi connectivity index (χ3v) is 9.29. The number of carbonyl (C=O) groups excluding carboxylic acids is 2. The summed E-state index contributed by atoms with van der Waals surface area (Å²) in [5, 5.41) is 53.5. The molecule has 2 heterocycles. The zero-order chi connectivity index (χ0) is 36.9. The van der Waals surface area contributed by atoms with Crippen LogP contribution in [0.2, 0.25) is 0 Å². The fourth-order valence-corrected chi connectivity index (χ4v) is 6.58. The molecule has 0 saturated carbocycles. The van der Waals surface area contributed by atoms with Gasteiger partial charge in [0.1, 0.15) is 12.2 Å². The smallest absolute Gasteiger partial charge is 0.344 e. The maximum Gasteiger partial charge on any atom is 0.344 e. The van der Waals surface area contributed by atoms with E-state index in [2.05, 4.69) is 6.58 Å². The Morgan fingerprint density at radius 1 is 1.04 bits per heavy atom. The van der Waals surface area contributed by atoms with Crippen LogP contribution >= 0.6 is 0 Å². The van der Waals surface area contributed by atoms with E-state index >= 15 is 0 Å². The fraction of sp³-hybridized carbons (Fsp3) is 0.571. The quantitative estimate of drug-likeness (QED) is 0.0901. The molecule has 2 aliphatic rings. The first-order valence-corrected chi connectivity index (χ1v) is 16.1. The summed E-state index contributed by atoms with van der Waals surface area (Å²) in [6.07, 6.45) is -4.83. The number of hydrogen-bond acceptors (Lipinski definition) is 11. The van der Waals surface area contributed by atoms with Crippen molar-refractivity contribution in [3.8, 4) is 0 Å². The van der Waals surface area contributed by atoms with Gasteiger partial charge in [-0.05, 0) is 42.2 Å². The highest BCUT2D eigenvalue weighted by atomic mass is 16.8. The topological polar surface area (TPSA) is 223 Å². The highest BCUT2D eigenvalue weighted by molar-refractivity contribution is 5.98. The van der Waals surface area contributed by atoms with Gasteiger partial charge in [-0.25, -0.2) is 19.2 Å². The van der Waals surface area contributed by atoms with Gasteiger partial charge < -0.3 is 44.5 Å². The van der Waals surface area contributed by atoms with Gasteiger partial charge in [0.15, 0.2) is 6.10 Å². The van der Waals surface area contributed by atoms with Gasteiger partial charge >= 0.3 is 29.8 Å². The van der Waals surface area contributed by atoms with Crippen LogP contribution in [0.3, 0.4) is 0 Å². The van der Waals surface area contributed by atoms with Gasteiger partial charge in [-0.15, -0.1) is 0 Å². The van der Waals surface area contributed by atoms with Crippen molar-refractivity contribution in [3.63, 3.8) is 0 Å². The van der Waals surface area contributed by atoms with Crippen molar-refractivity contribution in [2.75, 3.05) is 0 Å². The number of carboxylic acids is 3. The molecule has 5 N–H and O–H groups in total. The first kappa shape index (κ1) is 39.3. The molecule has 0 amide bonds. The summed E-state index contributed by atoms with van der Waals surface area (Å²) in [6, 6.07) is 9.29. The summed E-state index contributed by atoms with van der Waals surface area (Å²) >= 11 is 0. The van der Waals surface area contributed by atoms with E-state index in [0.717, 1.165) is 18.1 Å². The molecule has 270 valence electrons.